The van der Waals surface area contributed by atoms with Crippen LogP contribution in [0.15, 0.2) is 18.2 Å². The summed E-state index contributed by atoms with van der Waals surface area (Å²) in [5.74, 6) is -0.791. The predicted octanol–water partition coefficient (Wildman–Crippen LogP) is 1.54. The van der Waals surface area contributed by atoms with Gasteiger partial charge in [0.25, 0.3) is 0 Å². The molecule has 1 aliphatic rings. The van der Waals surface area contributed by atoms with Crippen LogP contribution < -0.4 is 0 Å². The molecule has 0 radical (unpaired) electrons. The second kappa shape index (κ2) is 4.19. The summed E-state index contributed by atoms with van der Waals surface area (Å²) in [7, 11) is 0. The maximum absolute atomic E-state index is 12.0. The molecule has 2 atom stereocenters. The Kier molecular flexibility index (Phi) is 2.70. The molecule has 20 heavy (non-hydrogen) atoms. The number of hydrogen-bond acceptors (Lipinski definition) is 5. The normalized spacial score (nSPS) is 22.1. The number of phenols is 2. The lowest BCUT2D eigenvalue weighted by molar-refractivity contribution is 0.0481. The lowest BCUT2D eigenvalue weighted by Crippen LogP contribution is -2.30. The summed E-state index contributed by atoms with van der Waals surface area (Å²) in [6, 6.07) is 4.52. The van der Waals surface area contributed by atoms with Crippen LogP contribution in [0.2, 0.25) is 0 Å². The van der Waals surface area contributed by atoms with Crippen molar-refractivity contribution < 1.29 is 25.2 Å². The minimum Gasteiger partial charge on any atom is -0.508 e. The topological polar surface area (TPSA) is 98.0 Å². The Labute approximate surface area is 114 Å². The average Bonchev–Trinajstić information content (AvgIpc) is 2.34. The van der Waals surface area contributed by atoms with Gasteiger partial charge in [0.15, 0.2) is 5.78 Å². The summed E-state index contributed by atoms with van der Waals surface area (Å²) in [4.78, 5) is 12.0. The summed E-state index contributed by atoms with van der Waals surface area (Å²) < 4.78 is 0. The zero-order valence-corrected chi connectivity index (χ0v) is 10.8. The van der Waals surface area contributed by atoms with E-state index in [0.29, 0.717) is 16.3 Å². The molecule has 104 valence electrons. The molecule has 0 aromatic heterocycles. The van der Waals surface area contributed by atoms with E-state index in [2.05, 4.69) is 0 Å². The number of aliphatic hydroxyl groups is 2. The molecule has 0 saturated carbocycles. The van der Waals surface area contributed by atoms with E-state index in [0.717, 1.165) is 0 Å². The molecule has 5 heteroatoms. The number of aryl methyl sites for hydroxylation is 1. The molecule has 0 saturated heterocycles. The number of ketones is 1. The van der Waals surface area contributed by atoms with E-state index in [9.17, 15) is 25.2 Å². The van der Waals surface area contributed by atoms with Crippen molar-refractivity contribution in [3.8, 4) is 11.5 Å². The van der Waals surface area contributed by atoms with Crippen molar-refractivity contribution >= 4 is 16.6 Å². The first kappa shape index (κ1) is 12.9. The highest BCUT2D eigenvalue weighted by atomic mass is 16.3. The van der Waals surface area contributed by atoms with Crippen LogP contribution in [0.5, 0.6) is 11.5 Å². The van der Waals surface area contributed by atoms with Crippen LogP contribution >= 0.6 is 0 Å². The fourth-order valence-electron chi connectivity index (χ4n) is 2.87. The van der Waals surface area contributed by atoms with Crippen molar-refractivity contribution in [2.24, 2.45) is 0 Å². The first-order valence-electron chi connectivity index (χ1n) is 6.29. The quantitative estimate of drug-likeness (QED) is 0.584. The van der Waals surface area contributed by atoms with Crippen molar-refractivity contribution in [1.82, 2.24) is 0 Å². The number of carbonyl (C=O) groups excluding carboxylic acids is 1. The van der Waals surface area contributed by atoms with Crippen LogP contribution in [0.25, 0.3) is 10.8 Å². The molecule has 0 spiro atoms. The zero-order valence-electron chi connectivity index (χ0n) is 10.8. The van der Waals surface area contributed by atoms with E-state index >= 15 is 0 Å². The van der Waals surface area contributed by atoms with E-state index < -0.39 is 18.0 Å². The molecule has 4 N–H and O–H groups in total. The monoisotopic (exact) mass is 274 g/mol. The number of benzene rings is 2. The van der Waals surface area contributed by atoms with Gasteiger partial charge in [0, 0.05) is 11.8 Å². The summed E-state index contributed by atoms with van der Waals surface area (Å²) in [6.45, 7) is 1.70. The Morgan fingerprint density at radius 1 is 1.10 bits per heavy atom. The van der Waals surface area contributed by atoms with E-state index in [1.54, 1.807) is 13.0 Å². The summed E-state index contributed by atoms with van der Waals surface area (Å²) >= 11 is 0. The minimum atomic E-state index is -1.31. The average molecular weight is 274 g/mol. The van der Waals surface area contributed by atoms with Gasteiger partial charge in [-0.2, -0.15) is 0 Å². The molecule has 3 rings (SSSR count). The maximum Gasteiger partial charge on any atom is 0.195 e. The molecule has 5 nitrogen and oxygen atoms in total. The SMILES string of the molecule is Cc1cc(O)cc2cc3c(c(O)c12)C(=O)C(O)CC3O. The summed E-state index contributed by atoms with van der Waals surface area (Å²) in [6.07, 6.45) is -2.41. The largest absolute Gasteiger partial charge is 0.508 e. The third-order valence-corrected chi connectivity index (χ3v) is 3.78. The lowest BCUT2D eigenvalue weighted by Gasteiger charge is -2.26. The maximum atomic E-state index is 12.0. The summed E-state index contributed by atoms with van der Waals surface area (Å²) in [5.41, 5.74) is 0.871. The second-order valence-corrected chi connectivity index (χ2v) is 5.18. The van der Waals surface area contributed by atoms with Crippen LogP contribution in [0.3, 0.4) is 0 Å². The standard InChI is InChI=1S/C15H14O5/c1-6-2-8(16)3-7-4-9-10(17)5-11(18)14(19)13(9)15(20)12(6)7/h2-4,10-11,16-18,20H,5H2,1H3. The molecule has 0 fully saturated rings. The molecule has 2 aromatic carbocycles. The van der Waals surface area contributed by atoms with Gasteiger partial charge in [-0.3, -0.25) is 4.79 Å². The van der Waals surface area contributed by atoms with Crippen LogP contribution in [-0.2, 0) is 0 Å². The van der Waals surface area contributed by atoms with Crippen LogP contribution in [0.1, 0.15) is 34.0 Å². The van der Waals surface area contributed by atoms with Gasteiger partial charge in [-0.1, -0.05) is 0 Å². The molecule has 2 aromatic rings. The fourth-order valence-corrected chi connectivity index (χ4v) is 2.87. The molecule has 0 bridgehead atoms. The van der Waals surface area contributed by atoms with Gasteiger partial charge < -0.3 is 20.4 Å². The van der Waals surface area contributed by atoms with Crippen molar-refractivity contribution in [3.05, 3.63) is 34.9 Å². The van der Waals surface area contributed by atoms with Crippen LogP contribution in [-0.4, -0.2) is 32.3 Å². The Bertz CT molecular complexity index is 735. The highest BCUT2D eigenvalue weighted by molar-refractivity contribution is 6.09. The third-order valence-electron chi connectivity index (χ3n) is 3.78. The number of Topliss-reactive ketones (excluding diaryl/α,β-unsaturated/α-hetero) is 1. The summed E-state index contributed by atoms with van der Waals surface area (Å²) in [5, 5.41) is 40.6. The van der Waals surface area contributed by atoms with Gasteiger partial charge in [-0.05, 0) is 41.6 Å². The number of rotatable bonds is 0. The third kappa shape index (κ3) is 1.67. The number of fused-ring (bicyclic) bond motifs is 2. The molecule has 1 aliphatic carbocycles. The van der Waals surface area contributed by atoms with Crippen molar-refractivity contribution in [3.63, 3.8) is 0 Å². The van der Waals surface area contributed by atoms with Gasteiger partial charge in [0.2, 0.25) is 0 Å². The first-order chi connectivity index (χ1) is 9.40. The molecule has 0 heterocycles. The number of phenolic OH excluding ortho intramolecular Hbond substituents is 2. The van der Waals surface area contributed by atoms with E-state index in [1.807, 2.05) is 0 Å². The Balaban J connectivity index is 2.43. The highest BCUT2D eigenvalue weighted by Crippen LogP contribution is 2.42. The molecule has 0 aliphatic heterocycles. The minimum absolute atomic E-state index is 0.0301. The van der Waals surface area contributed by atoms with Crippen molar-refractivity contribution in [2.45, 2.75) is 25.6 Å². The van der Waals surface area contributed by atoms with Gasteiger partial charge in [0.1, 0.15) is 17.6 Å². The van der Waals surface area contributed by atoms with Crippen molar-refractivity contribution in [2.75, 3.05) is 0 Å². The van der Waals surface area contributed by atoms with Gasteiger partial charge in [-0.15, -0.1) is 0 Å². The van der Waals surface area contributed by atoms with Crippen molar-refractivity contribution in [1.29, 1.82) is 0 Å². The fraction of sp³-hybridized carbons (Fsp3) is 0.267. The predicted molar refractivity (Wildman–Crippen MR) is 71.9 cm³/mol. The molecule has 2 unspecified atom stereocenters. The number of aliphatic hydroxyl groups excluding tert-OH is 2. The molecular weight excluding hydrogens is 260 g/mol. The molecular formula is C15H14O5. The smallest absolute Gasteiger partial charge is 0.195 e. The van der Waals surface area contributed by atoms with Crippen LogP contribution in [0, 0.1) is 6.92 Å². The van der Waals surface area contributed by atoms with E-state index in [4.69, 9.17) is 0 Å². The second-order valence-electron chi connectivity index (χ2n) is 5.18. The number of carbonyl (C=O) groups is 1. The van der Waals surface area contributed by atoms with Gasteiger partial charge in [0.05, 0.1) is 11.7 Å². The van der Waals surface area contributed by atoms with Crippen LogP contribution in [0.4, 0.5) is 0 Å². The Morgan fingerprint density at radius 2 is 1.80 bits per heavy atom. The number of hydrogen-bond donors (Lipinski definition) is 4. The Morgan fingerprint density at radius 3 is 2.50 bits per heavy atom. The highest BCUT2D eigenvalue weighted by Gasteiger charge is 2.34. The van der Waals surface area contributed by atoms with E-state index in [-0.39, 0.29) is 29.0 Å². The molecule has 0 amide bonds. The van der Waals surface area contributed by atoms with Gasteiger partial charge in [-0.25, -0.2) is 0 Å². The lowest BCUT2D eigenvalue weighted by atomic mass is 9.83. The van der Waals surface area contributed by atoms with Gasteiger partial charge >= 0.3 is 0 Å². The first-order valence-corrected chi connectivity index (χ1v) is 6.29. The zero-order chi connectivity index (χ0) is 14.6. The Hall–Kier alpha value is -2.11. The number of aromatic hydroxyl groups is 2. The van der Waals surface area contributed by atoms with E-state index in [1.165, 1.54) is 12.1 Å².